The Kier molecular flexibility index (Phi) is 21.6. The molecule has 28 heteroatoms. The Balaban J connectivity index is 1.10. The zero-order chi connectivity index (χ0) is 69.7. The third kappa shape index (κ3) is 15.1. The molecule has 0 spiro atoms. The third-order valence-electron chi connectivity index (χ3n) is 18.0. The Bertz CT molecular complexity index is 3920. The molecule has 3 aromatic rings. The van der Waals surface area contributed by atoms with Crippen LogP contribution in [0, 0.1) is 25.7 Å². The van der Waals surface area contributed by atoms with Gasteiger partial charge in [0.1, 0.15) is 71.8 Å². The van der Waals surface area contributed by atoms with E-state index in [1.54, 1.807) is 95.3 Å². The number of carbonyl (C=O) groups excluding carboxylic acids is 12. The molecule has 4 fully saturated rings. The number of nitrogens with zero attached hydrogens (tertiary/aromatic N) is 5. The predicted octanol–water partition coefficient (Wildman–Crippen LogP) is 1.21. The first-order chi connectivity index (χ1) is 45.5. The number of benzene rings is 4. The van der Waals surface area contributed by atoms with Crippen LogP contribution in [-0.4, -0.2) is 196 Å². The molecule has 0 radical (unpaired) electrons. The highest BCUT2D eigenvalue weighted by Crippen LogP contribution is 2.35. The van der Waals surface area contributed by atoms with E-state index in [9.17, 15) is 47.9 Å². The Morgan fingerprint density at radius 2 is 1.04 bits per heavy atom. The number of rotatable bonds is 10. The first kappa shape index (κ1) is 70.0. The fraction of sp³-hybridized carbons (Fsp3) is 0.471. The molecule has 28 nitrogen and oxygen atoms in total. The third-order valence-corrected chi connectivity index (χ3v) is 18.0. The van der Waals surface area contributed by atoms with Gasteiger partial charge < -0.3 is 71.1 Å². The molecule has 3 aromatic carbocycles. The van der Waals surface area contributed by atoms with Crippen LogP contribution in [0.3, 0.4) is 0 Å². The summed E-state index contributed by atoms with van der Waals surface area (Å²) < 4.78 is 18.4. The van der Waals surface area contributed by atoms with Gasteiger partial charge in [-0.3, -0.25) is 52.7 Å². The quantitative estimate of drug-likeness (QED) is 0.0587. The van der Waals surface area contributed by atoms with E-state index in [1.165, 1.54) is 61.7 Å². The number of fused-ring (bicyclic) bond motifs is 4. The Morgan fingerprint density at radius 1 is 0.604 bits per heavy atom. The minimum atomic E-state index is -1.92. The van der Waals surface area contributed by atoms with Gasteiger partial charge in [-0.1, -0.05) is 94.4 Å². The second-order valence-electron chi connectivity index (χ2n) is 25.8. The molecule has 9 rings (SSSR count). The summed E-state index contributed by atoms with van der Waals surface area (Å²) in [5, 5.41) is 16.0. The molecule has 6 aliphatic rings. The molecule has 10 amide bonds. The van der Waals surface area contributed by atoms with Crippen molar-refractivity contribution in [1.29, 1.82) is 0 Å². The summed E-state index contributed by atoms with van der Waals surface area (Å²) in [4.78, 5) is 198. The molecule has 10 atom stereocenters. The molecule has 0 aromatic heterocycles. The summed E-state index contributed by atoms with van der Waals surface area (Å²) >= 11 is 0. The number of carbonyl (C=O) groups is 12. The molecule has 0 unspecified atom stereocenters. The largest absolute Gasteiger partial charge is 0.458 e. The van der Waals surface area contributed by atoms with Gasteiger partial charge in [-0.15, -0.1) is 0 Å². The van der Waals surface area contributed by atoms with Gasteiger partial charge in [0.25, 0.3) is 11.8 Å². The lowest BCUT2D eigenvalue weighted by Crippen LogP contribution is -2.61. The van der Waals surface area contributed by atoms with E-state index < -0.39 is 179 Å². The molecule has 0 bridgehead atoms. The average Bonchev–Trinajstić information content (AvgIpc) is 0.882. The summed E-state index contributed by atoms with van der Waals surface area (Å²) in [5.41, 5.74) is 4.69. The number of anilines is 1. The normalized spacial score (nSPS) is 24.9. The number of likely N-dealkylation sites (N-methyl/N-ethyl adjacent to an activating group) is 2. The lowest BCUT2D eigenvalue weighted by atomic mass is 9.98. The van der Waals surface area contributed by atoms with E-state index in [1.807, 2.05) is 0 Å². The number of ether oxygens (including phenoxy) is 2. The van der Waals surface area contributed by atoms with Crippen LogP contribution in [0.1, 0.15) is 110 Å². The van der Waals surface area contributed by atoms with Gasteiger partial charge in [-0.25, -0.2) is 14.6 Å². The average molecular weight is 1320 g/mol. The molecule has 1 aliphatic carbocycles. The molecule has 8 N–H and O–H groups in total. The van der Waals surface area contributed by atoms with Crippen molar-refractivity contribution in [3.8, 4) is 11.5 Å². The highest BCUT2D eigenvalue weighted by Gasteiger charge is 2.45. The van der Waals surface area contributed by atoms with Crippen molar-refractivity contribution in [2.45, 2.75) is 154 Å². The van der Waals surface area contributed by atoms with Crippen molar-refractivity contribution in [2.24, 2.45) is 11.8 Å². The standard InChI is InChI=1S/C68H82N12O16/c1-33(2)50-65(90)79-27-17-23-44(79)63(88)77(9)31-46(81)70-42(29-39-19-13-11-14-20-39)67(92)94-37(7)52(61(86)73-50)75-59(84)41-26-25-35(5)57-54(41)72-55-48(49(69)56(83)36(6)58(55)96-57)60(85)76-53-38(8)95-68(93)43(30-40-21-15-12-16-22-40)71-47(82)32-78(10)64(89)45-24-18-28-80(45)66(91)51(34(3)4)74-62(53)87/h11-16,19-22,25-26,33-34,37-38,42-45,50-53H,17-18,23-24,27-32,69H2,1-10H3,(H,70,81)(H,71,82)(H,73,86)(H,74,87)(H,75,84)(H,76,85)/t37-,38-,42+,43+,44+,45+,50-,51-,52+,53+/m1/s1. The number of hydrogen-bond acceptors (Lipinski definition) is 18. The van der Waals surface area contributed by atoms with Gasteiger partial charge in [-0.05, 0) is 88.0 Å². The zero-order valence-corrected chi connectivity index (χ0v) is 55.3. The van der Waals surface area contributed by atoms with E-state index in [0.717, 1.165) is 4.90 Å². The maximum atomic E-state index is 15.3. The lowest BCUT2D eigenvalue weighted by Gasteiger charge is -2.34. The Morgan fingerprint density at radius 3 is 1.48 bits per heavy atom. The Labute approximate surface area is 553 Å². The number of cyclic esters (lactones) is 2. The molecular weight excluding hydrogens is 1240 g/mol. The zero-order valence-electron chi connectivity index (χ0n) is 55.3. The maximum absolute atomic E-state index is 15.3. The van der Waals surface area contributed by atoms with Crippen molar-refractivity contribution >= 4 is 87.8 Å². The van der Waals surface area contributed by atoms with Crippen molar-refractivity contribution in [1.82, 2.24) is 56.5 Å². The summed E-state index contributed by atoms with van der Waals surface area (Å²) in [7, 11) is 2.81. The summed E-state index contributed by atoms with van der Waals surface area (Å²) in [5.74, 6) is -11.8. The van der Waals surface area contributed by atoms with Crippen LogP contribution in [0.25, 0.3) is 22.6 Å². The van der Waals surface area contributed by atoms with E-state index in [4.69, 9.17) is 24.6 Å². The number of amides is 10. The van der Waals surface area contributed by atoms with Gasteiger partial charge in [-0.2, -0.15) is 0 Å². The minimum Gasteiger partial charge on any atom is -0.458 e. The summed E-state index contributed by atoms with van der Waals surface area (Å²) in [6.07, 6.45) is -2.00. The molecule has 5 heterocycles. The number of nitrogens with one attached hydrogen (secondary N) is 6. The highest BCUT2D eigenvalue weighted by atomic mass is 16.6. The van der Waals surface area contributed by atoms with Crippen molar-refractivity contribution in [2.75, 3.05) is 46.0 Å². The SMILES string of the molecule is Cc1c2oc3c(C)ccc(C(=O)N[C@@H]4C(=O)N[C@H](C(C)C)C(=O)N5CCC[C@H]5C(=O)N(C)CC(=O)N[C@@H](Cc5ccccc5)C(=O)O[C@@H]4C)c3nc-2c(C(=O)N[C@@H]2C(=O)N[C@H](C(C)C)C(=O)N3CCC[C@H]3C(=O)N(C)CC(=O)N[C@@H](Cc3ccccc3)C(=O)O[C@@H]2C)c(N)c1=O. The molecule has 510 valence electrons. The van der Waals surface area contributed by atoms with Crippen LogP contribution >= 0.6 is 0 Å². The lowest BCUT2D eigenvalue weighted by molar-refractivity contribution is -0.156. The maximum Gasteiger partial charge on any atom is 0.329 e. The van der Waals surface area contributed by atoms with Crippen molar-refractivity contribution in [3.05, 3.63) is 116 Å². The highest BCUT2D eigenvalue weighted by molar-refractivity contribution is 6.10. The fourth-order valence-electron chi connectivity index (χ4n) is 12.6. The molecule has 5 aliphatic heterocycles. The number of nitrogen functional groups attached to an aromatic ring is 1. The van der Waals surface area contributed by atoms with E-state index in [0.29, 0.717) is 29.5 Å². The minimum absolute atomic E-state index is 0.0893. The molecular formula is C68H82N12O16. The summed E-state index contributed by atoms with van der Waals surface area (Å²) in [6, 6.07) is 8.92. The van der Waals surface area contributed by atoms with Gasteiger partial charge >= 0.3 is 11.9 Å². The van der Waals surface area contributed by atoms with Crippen molar-refractivity contribution in [3.63, 3.8) is 0 Å². The second kappa shape index (κ2) is 29.6. The van der Waals surface area contributed by atoms with Crippen LogP contribution in [0.15, 0.2) is 82.0 Å². The van der Waals surface area contributed by atoms with Gasteiger partial charge in [0.05, 0.1) is 29.9 Å². The molecule has 0 saturated carbocycles. The van der Waals surface area contributed by atoms with Crippen LogP contribution in [-0.2, 0) is 70.3 Å². The number of hydrogen-bond donors (Lipinski definition) is 7. The number of nitrogens with two attached hydrogens (primary N) is 1. The van der Waals surface area contributed by atoms with Crippen LogP contribution < -0.4 is 43.1 Å². The van der Waals surface area contributed by atoms with Crippen molar-refractivity contribution < 1.29 is 71.4 Å². The van der Waals surface area contributed by atoms with Gasteiger partial charge in [0.2, 0.25) is 52.7 Å². The van der Waals surface area contributed by atoms with E-state index in [2.05, 4.69) is 31.9 Å². The monoisotopic (exact) mass is 1320 g/mol. The van der Waals surface area contributed by atoms with Crippen LogP contribution in [0.5, 0.6) is 0 Å². The number of esters is 2. The van der Waals surface area contributed by atoms with E-state index >= 15 is 14.4 Å². The Hall–Kier alpha value is -10.3. The fourth-order valence-corrected chi connectivity index (χ4v) is 12.6. The van der Waals surface area contributed by atoms with Crippen LogP contribution in [0.4, 0.5) is 5.69 Å². The smallest absolute Gasteiger partial charge is 0.329 e. The van der Waals surface area contributed by atoms with Crippen LogP contribution in [0.2, 0.25) is 0 Å². The number of aryl methyl sites for hydroxylation is 1. The molecule has 4 saturated heterocycles. The summed E-state index contributed by atoms with van der Waals surface area (Å²) in [6.45, 7) is 11.5. The first-order valence-electron chi connectivity index (χ1n) is 32.1. The molecule has 96 heavy (non-hydrogen) atoms. The van der Waals surface area contributed by atoms with Gasteiger partial charge in [0.15, 0.2) is 11.3 Å². The number of aromatic nitrogens is 1. The van der Waals surface area contributed by atoms with Gasteiger partial charge in [0, 0.05) is 45.6 Å². The topological polar surface area (TPSA) is 378 Å². The second-order valence-corrected chi connectivity index (χ2v) is 25.8. The predicted molar refractivity (Wildman–Crippen MR) is 347 cm³/mol. The first-order valence-corrected chi connectivity index (χ1v) is 32.1. The van der Waals surface area contributed by atoms with E-state index in [-0.39, 0.29) is 66.8 Å².